The van der Waals surface area contributed by atoms with E-state index in [0.29, 0.717) is 5.92 Å². The van der Waals surface area contributed by atoms with Crippen LogP contribution in [0.4, 0.5) is 0 Å². The van der Waals surface area contributed by atoms with Crippen molar-refractivity contribution in [2.24, 2.45) is 0 Å². The van der Waals surface area contributed by atoms with Crippen molar-refractivity contribution < 1.29 is 0 Å². The van der Waals surface area contributed by atoms with Crippen LogP contribution in [0.5, 0.6) is 0 Å². The molecule has 1 nitrogen and oxygen atoms in total. The fourth-order valence-corrected chi connectivity index (χ4v) is 3.13. The van der Waals surface area contributed by atoms with E-state index in [-0.39, 0.29) is 0 Å². The number of allylic oxidation sites excluding steroid dienone is 3. The first-order valence-electron chi connectivity index (χ1n) is 8.98. The average Bonchev–Trinajstić information content (AvgIpc) is 2.89. The van der Waals surface area contributed by atoms with Gasteiger partial charge in [-0.2, -0.15) is 0 Å². The molecule has 0 fully saturated rings. The molecule has 2 aromatic rings. The molecule has 130 valence electrons. The molecule has 0 aliphatic carbocycles. The predicted octanol–water partition coefficient (Wildman–Crippen LogP) is 7.34. The Morgan fingerprint density at radius 1 is 0.800 bits per heavy atom. The SMILES string of the molecule is C=Cc1c(/C=C\C)c(/C=C\C)n(-c2ccc(C(C)C)cc2)c1/C=C\C. The quantitative estimate of drug-likeness (QED) is 0.521. The van der Waals surface area contributed by atoms with Crippen molar-refractivity contribution in [3.05, 3.63) is 77.2 Å². The molecule has 0 saturated carbocycles. The van der Waals surface area contributed by atoms with Crippen molar-refractivity contribution in [3.63, 3.8) is 0 Å². The highest BCUT2D eigenvalue weighted by Gasteiger charge is 2.17. The molecule has 1 aromatic heterocycles. The smallest absolute Gasteiger partial charge is 0.0537 e. The van der Waals surface area contributed by atoms with Gasteiger partial charge in [-0.15, -0.1) is 0 Å². The van der Waals surface area contributed by atoms with Crippen molar-refractivity contribution in [2.45, 2.75) is 40.5 Å². The van der Waals surface area contributed by atoms with Crippen molar-refractivity contribution in [1.29, 1.82) is 0 Å². The third-order valence-corrected chi connectivity index (χ3v) is 4.33. The molecule has 1 aromatic carbocycles. The summed E-state index contributed by atoms with van der Waals surface area (Å²) in [6, 6.07) is 8.87. The molecule has 0 aliphatic rings. The first-order chi connectivity index (χ1) is 12.1. The zero-order valence-corrected chi connectivity index (χ0v) is 16.1. The Morgan fingerprint density at radius 2 is 1.32 bits per heavy atom. The monoisotopic (exact) mass is 331 g/mol. The number of hydrogen-bond acceptors (Lipinski definition) is 0. The third-order valence-electron chi connectivity index (χ3n) is 4.33. The maximum Gasteiger partial charge on any atom is 0.0537 e. The van der Waals surface area contributed by atoms with Crippen LogP contribution in [0.3, 0.4) is 0 Å². The fourth-order valence-electron chi connectivity index (χ4n) is 3.13. The van der Waals surface area contributed by atoms with Crippen LogP contribution in [0.25, 0.3) is 30.0 Å². The van der Waals surface area contributed by atoms with E-state index < -0.39 is 0 Å². The summed E-state index contributed by atoms with van der Waals surface area (Å²) in [5, 5.41) is 0. The Labute approximate surface area is 152 Å². The predicted molar refractivity (Wildman–Crippen MR) is 114 cm³/mol. The second-order valence-corrected chi connectivity index (χ2v) is 6.38. The molecule has 0 saturated heterocycles. The van der Waals surface area contributed by atoms with E-state index in [2.05, 4.69) is 106 Å². The van der Waals surface area contributed by atoms with Gasteiger partial charge < -0.3 is 4.57 Å². The van der Waals surface area contributed by atoms with Gasteiger partial charge in [-0.25, -0.2) is 0 Å². The van der Waals surface area contributed by atoms with Gasteiger partial charge in [-0.05, 0) is 56.5 Å². The zero-order valence-electron chi connectivity index (χ0n) is 16.1. The maximum absolute atomic E-state index is 4.06. The highest BCUT2D eigenvalue weighted by molar-refractivity contribution is 5.80. The number of benzene rings is 1. The van der Waals surface area contributed by atoms with Gasteiger partial charge in [0.15, 0.2) is 0 Å². The van der Waals surface area contributed by atoms with Crippen LogP contribution in [0.1, 0.15) is 68.6 Å². The summed E-state index contributed by atoms with van der Waals surface area (Å²) < 4.78 is 2.32. The summed E-state index contributed by atoms with van der Waals surface area (Å²) in [4.78, 5) is 0. The first kappa shape index (κ1) is 18.8. The molecule has 2 rings (SSSR count). The minimum atomic E-state index is 0.533. The van der Waals surface area contributed by atoms with E-state index in [4.69, 9.17) is 0 Å². The Hall–Kier alpha value is -2.54. The first-order valence-corrected chi connectivity index (χ1v) is 8.98. The topological polar surface area (TPSA) is 4.93 Å². The summed E-state index contributed by atoms with van der Waals surface area (Å²) in [6.07, 6.45) is 14.7. The molecule has 0 unspecified atom stereocenters. The molecule has 0 aliphatic heterocycles. The van der Waals surface area contributed by atoms with Crippen LogP contribution in [0, 0.1) is 0 Å². The van der Waals surface area contributed by atoms with Crippen molar-refractivity contribution >= 4 is 24.3 Å². The third kappa shape index (κ3) is 3.76. The molecule has 1 heterocycles. The highest BCUT2D eigenvalue weighted by Crippen LogP contribution is 2.32. The van der Waals surface area contributed by atoms with Gasteiger partial charge in [-0.1, -0.05) is 62.9 Å². The lowest BCUT2D eigenvalue weighted by Gasteiger charge is -2.13. The van der Waals surface area contributed by atoms with Crippen molar-refractivity contribution in [1.82, 2.24) is 4.57 Å². The lowest BCUT2D eigenvalue weighted by Crippen LogP contribution is -2.00. The van der Waals surface area contributed by atoms with E-state index in [1.165, 1.54) is 22.5 Å². The Kier molecular flexibility index (Phi) is 6.41. The Morgan fingerprint density at radius 3 is 1.76 bits per heavy atom. The molecule has 0 radical (unpaired) electrons. The molecule has 0 N–H and O–H groups in total. The van der Waals surface area contributed by atoms with Crippen molar-refractivity contribution in [2.75, 3.05) is 0 Å². The number of nitrogens with zero attached hydrogens (tertiary/aromatic N) is 1. The fraction of sp³-hybridized carbons (Fsp3) is 0.250. The van der Waals surface area contributed by atoms with Gasteiger partial charge in [0.1, 0.15) is 0 Å². The molecular formula is C24H29N. The normalized spacial score (nSPS) is 12.2. The summed E-state index contributed by atoms with van der Waals surface area (Å²) >= 11 is 0. The molecule has 0 atom stereocenters. The standard InChI is InChI=1S/C24H29N/c1-7-11-22-21(10-4)23(12-8-2)25(24(22)13-9-3)20-16-14-19(15-17-20)18(5)6/h7-18H,4H2,1-3,5-6H3/b11-7-,12-8-,13-9-. The summed E-state index contributed by atoms with van der Waals surface area (Å²) in [6.45, 7) is 14.7. The van der Waals surface area contributed by atoms with E-state index in [1.807, 2.05) is 6.08 Å². The van der Waals surface area contributed by atoms with Crippen molar-refractivity contribution in [3.8, 4) is 5.69 Å². The van der Waals surface area contributed by atoms with Gasteiger partial charge in [0.25, 0.3) is 0 Å². The molecule has 0 amide bonds. The van der Waals surface area contributed by atoms with Crippen LogP contribution in [-0.4, -0.2) is 4.57 Å². The van der Waals surface area contributed by atoms with E-state index in [9.17, 15) is 0 Å². The number of hydrogen-bond donors (Lipinski definition) is 0. The van der Waals surface area contributed by atoms with Crippen LogP contribution in [-0.2, 0) is 0 Å². The Bertz CT molecular complexity index is 809. The summed E-state index contributed by atoms with van der Waals surface area (Å²) in [5.41, 5.74) is 7.24. The van der Waals surface area contributed by atoms with Crippen LogP contribution in [0.15, 0.2) is 49.1 Å². The molecule has 1 heteroatoms. The number of rotatable bonds is 6. The largest absolute Gasteiger partial charge is 0.309 e. The second-order valence-electron chi connectivity index (χ2n) is 6.38. The lowest BCUT2D eigenvalue weighted by atomic mass is 10.0. The maximum atomic E-state index is 4.06. The van der Waals surface area contributed by atoms with Gasteiger partial charge >= 0.3 is 0 Å². The van der Waals surface area contributed by atoms with Crippen LogP contribution < -0.4 is 0 Å². The average molecular weight is 332 g/mol. The van der Waals surface area contributed by atoms with Gasteiger partial charge in [0.05, 0.1) is 11.4 Å². The molecular weight excluding hydrogens is 302 g/mol. The Balaban J connectivity index is 2.83. The van der Waals surface area contributed by atoms with Gasteiger partial charge in [-0.3, -0.25) is 0 Å². The molecule has 25 heavy (non-hydrogen) atoms. The zero-order chi connectivity index (χ0) is 18.4. The molecule has 0 spiro atoms. The minimum Gasteiger partial charge on any atom is -0.309 e. The summed E-state index contributed by atoms with van der Waals surface area (Å²) in [7, 11) is 0. The van der Waals surface area contributed by atoms with Gasteiger partial charge in [0.2, 0.25) is 0 Å². The summed E-state index contributed by atoms with van der Waals surface area (Å²) in [5.74, 6) is 0.533. The van der Waals surface area contributed by atoms with E-state index in [1.54, 1.807) is 0 Å². The van der Waals surface area contributed by atoms with E-state index in [0.717, 1.165) is 11.3 Å². The molecule has 0 bridgehead atoms. The lowest BCUT2D eigenvalue weighted by molar-refractivity contribution is 0.865. The van der Waals surface area contributed by atoms with E-state index >= 15 is 0 Å². The second kappa shape index (κ2) is 8.53. The van der Waals surface area contributed by atoms with Crippen LogP contribution in [0.2, 0.25) is 0 Å². The van der Waals surface area contributed by atoms with Gasteiger partial charge in [0, 0.05) is 16.8 Å². The highest BCUT2D eigenvalue weighted by atomic mass is 15.0. The van der Waals surface area contributed by atoms with Crippen LogP contribution >= 0.6 is 0 Å². The minimum absolute atomic E-state index is 0.533. The number of aromatic nitrogens is 1.